The standard InChI is InChI=1S/C22H25ClFN3O/c1-4-14-6-5-9-27(12-14)19-11-17-20(13(2)26(3)22(17)28)21(25-19)16-8-7-15(23)10-18(16)24/h7-8,10-11,13-14H,4-6,9,12H2,1-3H3/t13?,14-/m1/s1. The van der Waals surface area contributed by atoms with Crippen molar-refractivity contribution in [3.8, 4) is 11.3 Å². The summed E-state index contributed by atoms with van der Waals surface area (Å²) in [6.45, 7) is 5.99. The molecule has 28 heavy (non-hydrogen) atoms. The predicted molar refractivity (Wildman–Crippen MR) is 110 cm³/mol. The Hall–Kier alpha value is -2.14. The van der Waals surface area contributed by atoms with Crippen molar-refractivity contribution >= 4 is 23.3 Å². The van der Waals surface area contributed by atoms with E-state index in [4.69, 9.17) is 16.6 Å². The first-order valence-electron chi connectivity index (χ1n) is 9.93. The van der Waals surface area contributed by atoms with E-state index < -0.39 is 5.82 Å². The molecular formula is C22H25ClFN3O. The van der Waals surface area contributed by atoms with Gasteiger partial charge in [-0.05, 0) is 49.9 Å². The second-order valence-corrected chi connectivity index (χ2v) is 8.31. The summed E-state index contributed by atoms with van der Waals surface area (Å²) < 4.78 is 14.8. The molecule has 2 aliphatic heterocycles. The van der Waals surface area contributed by atoms with E-state index in [0.29, 0.717) is 27.8 Å². The van der Waals surface area contributed by atoms with Crippen molar-refractivity contribution in [2.24, 2.45) is 5.92 Å². The highest BCUT2D eigenvalue weighted by atomic mass is 35.5. The largest absolute Gasteiger partial charge is 0.356 e. The number of hydrogen-bond acceptors (Lipinski definition) is 3. The SMILES string of the molecule is CC[C@@H]1CCCN(c2cc3c(c(-c4ccc(Cl)cc4F)n2)C(C)N(C)C3=O)C1. The Morgan fingerprint density at radius 3 is 2.79 bits per heavy atom. The van der Waals surface area contributed by atoms with Crippen molar-refractivity contribution < 1.29 is 9.18 Å². The minimum Gasteiger partial charge on any atom is -0.356 e. The number of halogens is 2. The van der Waals surface area contributed by atoms with E-state index in [1.165, 1.54) is 12.5 Å². The monoisotopic (exact) mass is 401 g/mol. The fraction of sp³-hybridized carbons (Fsp3) is 0.455. The molecule has 0 aliphatic carbocycles. The summed E-state index contributed by atoms with van der Waals surface area (Å²) in [7, 11) is 1.78. The first-order valence-corrected chi connectivity index (χ1v) is 10.3. The summed E-state index contributed by atoms with van der Waals surface area (Å²) in [4.78, 5) is 21.7. The third kappa shape index (κ3) is 3.16. The summed E-state index contributed by atoms with van der Waals surface area (Å²) in [6.07, 6.45) is 3.44. The van der Waals surface area contributed by atoms with Crippen LogP contribution >= 0.6 is 11.6 Å². The number of nitrogens with zero attached hydrogens (tertiary/aromatic N) is 3. The maximum absolute atomic E-state index is 14.8. The van der Waals surface area contributed by atoms with E-state index in [2.05, 4.69) is 11.8 Å². The molecule has 2 aliphatic rings. The topological polar surface area (TPSA) is 36.4 Å². The number of hydrogen-bond donors (Lipinski definition) is 0. The average Bonchev–Trinajstić information content (AvgIpc) is 2.92. The third-order valence-electron chi connectivity index (χ3n) is 6.20. The van der Waals surface area contributed by atoms with Gasteiger partial charge in [0.05, 0.1) is 17.3 Å². The quantitative estimate of drug-likeness (QED) is 0.698. The van der Waals surface area contributed by atoms with Crippen LogP contribution < -0.4 is 4.90 Å². The van der Waals surface area contributed by atoms with Crippen LogP contribution in [0.15, 0.2) is 24.3 Å². The van der Waals surface area contributed by atoms with Crippen LogP contribution in [0, 0.1) is 11.7 Å². The van der Waals surface area contributed by atoms with E-state index in [1.54, 1.807) is 24.1 Å². The van der Waals surface area contributed by atoms with Crippen LogP contribution in [0.2, 0.25) is 5.02 Å². The number of pyridine rings is 1. The maximum Gasteiger partial charge on any atom is 0.254 e. The summed E-state index contributed by atoms with van der Waals surface area (Å²) in [6, 6.07) is 6.37. The molecule has 1 fully saturated rings. The molecule has 4 nitrogen and oxygen atoms in total. The molecule has 0 bridgehead atoms. The van der Waals surface area contributed by atoms with Gasteiger partial charge in [-0.3, -0.25) is 4.79 Å². The van der Waals surface area contributed by atoms with Crippen molar-refractivity contribution in [2.75, 3.05) is 25.0 Å². The van der Waals surface area contributed by atoms with Crippen LogP contribution in [-0.2, 0) is 0 Å². The number of carbonyl (C=O) groups is 1. The van der Waals surface area contributed by atoms with Crippen LogP contribution in [-0.4, -0.2) is 35.9 Å². The smallest absolute Gasteiger partial charge is 0.254 e. The molecule has 0 saturated carbocycles. The van der Waals surface area contributed by atoms with Gasteiger partial charge in [0, 0.05) is 36.3 Å². The first kappa shape index (κ1) is 19.2. The fourth-order valence-electron chi connectivity index (χ4n) is 4.36. The van der Waals surface area contributed by atoms with Crippen molar-refractivity contribution in [3.63, 3.8) is 0 Å². The summed E-state index contributed by atoms with van der Waals surface area (Å²) in [5.74, 6) is 0.929. The van der Waals surface area contributed by atoms with Gasteiger partial charge in [0.2, 0.25) is 0 Å². The Labute approximate surface area is 170 Å². The van der Waals surface area contributed by atoms with Crippen LogP contribution in [0.25, 0.3) is 11.3 Å². The number of carbonyl (C=O) groups excluding carboxylic acids is 1. The van der Waals surface area contributed by atoms with Gasteiger partial charge in [-0.15, -0.1) is 0 Å². The van der Waals surface area contributed by atoms with E-state index >= 15 is 0 Å². The van der Waals surface area contributed by atoms with Crippen LogP contribution in [0.3, 0.4) is 0 Å². The summed E-state index contributed by atoms with van der Waals surface area (Å²) in [5, 5.41) is 0.345. The Balaban J connectivity index is 1.88. The van der Waals surface area contributed by atoms with Gasteiger partial charge < -0.3 is 9.80 Å². The molecule has 1 unspecified atom stereocenters. The molecule has 148 valence electrons. The van der Waals surface area contributed by atoms with Crippen LogP contribution in [0.4, 0.5) is 10.2 Å². The lowest BCUT2D eigenvalue weighted by Gasteiger charge is -2.33. The number of anilines is 1. The zero-order chi connectivity index (χ0) is 20.0. The van der Waals surface area contributed by atoms with Gasteiger partial charge in [-0.25, -0.2) is 9.37 Å². The van der Waals surface area contributed by atoms with Crippen molar-refractivity contribution in [2.45, 2.75) is 39.2 Å². The lowest BCUT2D eigenvalue weighted by molar-refractivity contribution is 0.0784. The van der Waals surface area contributed by atoms with E-state index in [9.17, 15) is 9.18 Å². The first-order chi connectivity index (χ1) is 13.4. The second-order valence-electron chi connectivity index (χ2n) is 7.87. The molecule has 6 heteroatoms. The van der Waals surface area contributed by atoms with Crippen LogP contribution in [0.5, 0.6) is 0 Å². The third-order valence-corrected chi connectivity index (χ3v) is 6.44. The van der Waals surface area contributed by atoms with E-state index in [1.807, 2.05) is 13.0 Å². The number of aromatic nitrogens is 1. The van der Waals surface area contributed by atoms with Crippen molar-refractivity contribution in [1.82, 2.24) is 9.88 Å². The molecule has 2 aromatic rings. The van der Waals surface area contributed by atoms with Gasteiger partial charge >= 0.3 is 0 Å². The number of amides is 1. The molecule has 1 saturated heterocycles. The highest BCUT2D eigenvalue weighted by molar-refractivity contribution is 6.30. The van der Waals surface area contributed by atoms with Crippen molar-refractivity contribution in [1.29, 1.82) is 0 Å². The van der Waals surface area contributed by atoms with Crippen molar-refractivity contribution in [3.05, 3.63) is 46.2 Å². The van der Waals surface area contributed by atoms with Crippen LogP contribution in [0.1, 0.15) is 55.1 Å². The molecule has 1 aromatic carbocycles. The highest BCUT2D eigenvalue weighted by Crippen LogP contribution is 2.41. The normalized spacial score (nSPS) is 22.0. The van der Waals surface area contributed by atoms with E-state index in [-0.39, 0.29) is 11.9 Å². The molecule has 4 rings (SSSR count). The number of piperidine rings is 1. The number of fused-ring (bicyclic) bond motifs is 1. The highest BCUT2D eigenvalue weighted by Gasteiger charge is 2.36. The Morgan fingerprint density at radius 2 is 2.07 bits per heavy atom. The Kier molecular flexibility index (Phi) is 5.04. The zero-order valence-corrected chi connectivity index (χ0v) is 17.3. The molecule has 0 N–H and O–H groups in total. The number of rotatable bonds is 3. The van der Waals surface area contributed by atoms with Gasteiger partial charge in [0.25, 0.3) is 5.91 Å². The molecule has 1 aromatic heterocycles. The fourth-order valence-corrected chi connectivity index (χ4v) is 4.51. The molecule has 0 radical (unpaired) electrons. The molecule has 0 spiro atoms. The molecule has 1 amide bonds. The molecular weight excluding hydrogens is 377 g/mol. The predicted octanol–water partition coefficient (Wildman–Crippen LogP) is 5.31. The zero-order valence-electron chi connectivity index (χ0n) is 16.5. The van der Waals surface area contributed by atoms with Gasteiger partial charge in [-0.1, -0.05) is 24.9 Å². The maximum atomic E-state index is 14.8. The van der Waals surface area contributed by atoms with E-state index in [0.717, 1.165) is 37.3 Å². The average molecular weight is 402 g/mol. The minimum atomic E-state index is -0.418. The lowest BCUT2D eigenvalue weighted by atomic mass is 9.95. The second kappa shape index (κ2) is 7.36. The Bertz CT molecular complexity index is 932. The lowest BCUT2D eigenvalue weighted by Crippen LogP contribution is -2.36. The summed E-state index contributed by atoms with van der Waals surface area (Å²) >= 11 is 5.95. The van der Waals surface area contributed by atoms with Gasteiger partial charge in [0.15, 0.2) is 0 Å². The van der Waals surface area contributed by atoms with Gasteiger partial charge in [-0.2, -0.15) is 0 Å². The summed E-state index contributed by atoms with van der Waals surface area (Å²) in [5.41, 5.74) is 2.36. The van der Waals surface area contributed by atoms with Gasteiger partial charge in [0.1, 0.15) is 11.6 Å². The number of benzene rings is 1. The Morgan fingerprint density at radius 1 is 1.29 bits per heavy atom. The minimum absolute atomic E-state index is 0.0363. The molecule has 2 atom stereocenters. The molecule has 3 heterocycles.